The fourth-order valence-corrected chi connectivity index (χ4v) is 5.27. The summed E-state index contributed by atoms with van der Waals surface area (Å²) >= 11 is 1.35. The second kappa shape index (κ2) is 11.8. The Bertz CT molecular complexity index is 1070. The van der Waals surface area contributed by atoms with E-state index in [1.54, 1.807) is 12.2 Å². The van der Waals surface area contributed by atoms with Gasteiger partial charge in [-0.25, -0.2) is 9.78 Å². The van der Waals surface area contributed by atoms with E-state index < -0.39 is 11.7 Å². The molecular formula is C26H38N4O4S. The molecule has 3 amide bonds. The molecule has 3 N–H and O–H groups in total. The number of ether oxygens (including phenoxy) is 1. The summed E-state index contributed by atoms with van der Waals surface area (Å²) in [7, 11) is 0. The van der Waals surface area contributed by atoms with Crippen molar-refractivity contribution in [2.45, 2.75) is 90.7 Å². The highest BCUT2D eigenvalue weighted by molar-refractivity contribution is 7.13. The fraction of sp³-hybridized carbons (Fsp3) is 0.615. The van der Waals surface area contributed by atoms with Crippen molar-refractivity contribution in [2.24, 2.45) is 11.8 Å². The quantitative estimate of drug-likeness (QED) is 0.551. The first-order valence-corrected chi connectivity index (χ1v) is 13.3. The maximum atomic E-state index is 12.8. The predicted molar refractivity (Wildman–Crippen MR) is 139 cm³/mol. The minimum Gasteiger partial charge on any atom is -0.444 e. The highest BCUT2D eigenvalue weighted by Crippen LogP contribution is 2.26. The first-order chi connectivity index (χ1) is 16.5. The first-order valence-electron chi connectivity index (χ1n) is 12.5. The molecule has 2 aliphatic rings. The van der Waals surface area contributed by atoms with Crippen LogP contribution in [0, 0.1) is 11.8 Å². The van der Waals surface area contributed by atoms with Crippen molar-refractivity contribution >= 4 is 47.0 Å². The average Bonchev–Trinajstić information content (AvgIpc) is 3.41. The van der Waals surface area contributed by atoms with Gasteiger partial charge in [-0.15, -0.1) is 0 Å². The molecule has 35 heavy (non-hydrogen) atoms. The fourth-order valence-electron chi connectivity index (χ4n) is 4.52. The van der Waals surface area contributed by atoms with Crippen LogP contribution in [-0.4, -0.2) is 34.5 Å². The second-order valence-corrected chi connectivity index (χ2v) is 11.6. The molecular weight excluding hydrogens is 464 g/mol. The van der Waals surface area contributed by atoms with E-state index in [1.807, 2.05) is 27.7 Å². The van der Waals surface area contributed by atoms with Gasteiger partial charge in [-0.2, -0.15) is 0 Å². The van der Waals surface area contributed by atoms with Gasteiger partial charge in [-0.1, -0.05) is 37.2 Å². The number of carbonyl (C=O) groups is 3. The number of rotatable bonds is 6. The van der Waals surface area contributed by atoms with Gasteiger partial charge in [0.1, 0.15) is 5.60 Å². The van der Waals surface area contributed by atoms with Crippen LogP contribution >= 0.6 is 11.3 Å². The molecule has 0 spiro atoms. The molecule has 1 heterocycles. The number of nitrogens with zero attached hydrogens (tertiary/aromatic N) is 1. The Morgan fingerprint density at radius 3 is 2.43 bits per heavy atom. The van der Waals surface area contributed by atoms with Crippen molar-refractivity contribution < 1.29 is 19.1 Å². The van der Waals surface area contributed by atoms with Crippen LogP contribution in [0.1, 0.15) is 79.1 Å². The van der Waals surface area contributed by atoms with Gasteiger partial charge >= 0.3 is 6.09 Å². The number of thiazole rings is 1. The molecule has 2 unspecified atom stereocenters. The van der Waals surface area contributed by atoms with Gasteiger partial charge in [0.15, 0.2) is 5.13 Å². The molecule has 192 valence electrons. The number of allylic oxidation sites excluding steroid dienone is 2. The average molecular weight is 503 g/mol. The first kappa shape index (κ1) is 26.9. The Morgan fingerprint density at radius 2 is 1.74 bits per heavy atom. The minimum atomic E-state index is -0.554. The number of carbonyl (C=O) groups excluding carboxylic acids is 3. The lowest BCUT2D eigenvalue weighted by atomic mass is 9.85. The van der Waals surface area contributed by atoms with Crippen LogP contribution in [0.15, 0.2) is 11.8 Å². The predicted octanol–water partition coefficient (Wildman–Crippen LogP) is 3.57. The Hall–Kier alpha value is -2.68. The summed E-state index contributed by atoms with van der Waals surface area (Å²) < 4.78 is 6.09. The molecule has 2 atom stereocenters. The summed E-state index contributed by atoms with van der Waals surface area (Å²) in [4.78, 5) is 41.7. The maximum absolute atomic E-state index is 12.8. The third kappa shape index (κ3) is 8.49. The van der Waals surface area contributed by atoms with Crippen LogP contribution < -0.4 is 25.8 Å². The Morgan fingerprint density at radius 1 is 1.06 bits per heavy atom. The molecule has 2 saturated carbocycles. The van der Waals surface area contributed by atoms with E-state index >= 15 is 0 Å². The van der Waals surface area contributed by atoms with Crippen LogP contribution in [0.5, 0.6) is 0 Å². The van der Waals surface area contributed by atoms with Gasteiger partial charge in [0.2, 0.25) is 11.8 Å². The molecule has 0 saturated heterocycles. The van der Waals surface area contributed by atoms with Crippen LogP contribution in [0.3, 0.4) is 0 Å². The van der Waals surface area contributed by atoms with Crippen LogP contribution in [0.25, 0.3) is 12.7 Å². The van der Waals surface area contributed by atoms with Crippen molar-refractivity contribution in [3.63, 3.8) is 0 Å². The van der Waals surface area contributed by atoms with Crippen LogP contribution in [0.2, 0.25) is 0 Å². The van der Waals surface area contributed by atoms with Gasteiger partial charge in [-0.05, 0) is 72.0 Å². The molecule has 0 radical (unpaired) electrons. The van der Waals surface area contributed by atoms with Crippen molar-refractivity contribution in [3.8, 4) is 0 Å². The number of alkyl carbamates (subject to hydrolysis) is 1. The van der Waals surface area contributed by atoms with Gasteiger partial charge in [0.05, 0.1) is 5.35 Å². The standard InChI is InChI=1S/C26H38N4O4S/c1-16(13-14-21-17(2)35-24(29-21)30-22(31)18-9-6-7-10-18)27-23(32)19-11-8-12-20(15-19)28-25(33)34-26(3,4)5/h13-14,18-20H,2,6-12,15H2,1,3-5H3,(H,27,32)(H,28,33)(H,29,30,31)/b16-13+,21-14+. The molecule has 3 rings (SSSR count). The van der Waals surface area contributed by atoms with Crippen molar-refractivity contribution in [1.29, 1.82) is 0 Å². The number of aromatic nitrogens is 1. The molecule has 2 fully saturated rings. The van der Waals surface area contributed by atoms with E-state index in [0.717, 1.165) is 49.5 Å². The number of anilines is 1. The summed E-state index contributed by atoms with van der Waals surface area (Å²) in [6, 6.07) is -0.0770. The molecule has 0 aliphatic heterocycles. The molecule has 0 bridgehead atoms. The van der Waals surface area contributed by atoms with Crippen molar-refractivity contribution in [1.82, 2.24) is 15.6 Å². The smallest absolute Gasteiger partial charge is 0.407 e. The van der Waals surface area contributed by atoms with Crippen LogP contribution in [0.4, 0.5) is 9.93 Å². The van der Waals surface area contributed by atoms with Gasteiger partial charge < -0.3 is 20.7 Å². The minimum absolute atomic E-state index is 0.0359. The number of amides is 3. The van der Waals surface area contributed by atoms with Crippen molar-refractivity contribution in [2.75, 3.05) is 5.32 Å². The van der Waals surface area contributed by atoms with E-state index in [9.17, 15) is 14.4 Å². The Kier molecular flexibility index (Phi) is 9.10. The monoisotopic (exact) mass is 502 g/mol. The Balaban J connectivity index is 1.54. The lowest BCUT2D eigenvalue weighted by molar-refractivity contribution is -0.125. The zero-order chi connectivity index (χ0) is 25.6. The highest BCUT2D eigenvalue weighted by Gasteiger charge is 2.29. The molecule has 1 aromatic rings. The maximum Gasteiger partial charge on any atom is 0.407 e. The summed E-state index contributed by atoms with van der Waals surface area (Å²) in [6.45, 7) is 11.3. The van der Waals surface area contributed by atoms with E-state index in [-0.39, 0.29) is 29.7 Å². The molecule has 2 aliphatic carbocycles. The van der Waals surface area contributed by atoms with Gasteiger partial charge in [0.25, 0.3) is 0 Å². The number of hydrogen-bond acceptors (Lipinski definition) is 6. The topological polar surface area (TPSA) is 109 Å². The van der Waals surface area contributed by atoms with Crippen LogP contribution in [-0.2, 0) is 14.3 Å². The van der Waals surface area contributed by atoms with E-state index in [0.29, 0.717) is 22.6 Å². The van der Waals surface area contributed by atoms with Gasteiger partial charge in [-0.3, -0.25) is 9.59 Å². The number of hydrogen-bond donors (Lipinski definition) is 3. The zero-order valence-corrected chi connectivity index (χ0v) is 22.1. The largest absolute Gasteiger partial charge is 0.444 e. The second-order valence-electron chi connectivity index (χ2n) is 10.5. The SMILES string of the molecule is C=c1sc(NC(=O)C2CCCC2)n/c1=C/C=C(\C)NC(=O)C1CCCC(NC(=O)OC(C)(C)C)C1. The molecule has 1 aromatic heterocycles. The van der Waals surface area contributed by atoms with Crippen molar-refractivity contribution in [3.05, 3.63) is 21.7 Å². The van der Waals surface area contributed by atoms with Gasteiger partial charge in [0, 0.05) is 28.1 Å². The summed E-state index contributed by atoms with van der Waals surface area (Å²) in [5.74, 6) is -0.114. The lowest BCUT2D eigenvalue weighted by Gasteiger charge is -2.30. The van der Waals surface area contributed by atoms with E-state index in [2.05, 4.69) is 27.5 Å². The van der Waals surface area contributed by atoms with E-state index in [4.69, 9.17) is 4.74 Å². The molecule has 0 aromatic carbocycles. The summed E-state index contributed by atoms with van der Waals surface area (Å²) in [5.41, 5.74) is 0.141. The number of nitrogens with one attached hydrogen (secondary N) is 3. The zero-order valence-electron chi connectivity index (χ0n) is 21.2. The third-order valence-corrected chi connectivity index (χ3v) is 7.10. The molecule has 9 heteroatoms. The highest BCUT2D eigenvalue weighted by atomic mass is 32.1. The third-order valence-electron chi connectivity index (χ3n) is 6.26. The lowest BCUT2D eigenvalue weighted by Crippen LogP contribution is -2.44. The normalized spacial score (nSPS) is 22.1. The summed E-state index contributed by atoms with van der Waals surface area (Å²) in [6.07, 6.45) is 10.3. The van der Waals surface area contributed by atoms with E-state index in [1.165, 1.54) is 11.3 Å². The Labute approximate surface area is 211 Å². The molecule has 8 nitrogen and oxygen atoms in total. The summed E-state index contributed by atoms with van der Waals surface area (Å²) in [5, 5.41) is 10.00.